The monoisotopic (exact) mass is 436 g/mol. The van der Waals surface area contributed by atoms with Gasteiger partial charge in [-0.1, -0.05) is 48.0 Å². The molecule has 1 N–H and O–H groups in total. The van der Waals surface area contributed by atoms with Gasteiger partial charge >= 0.3 is 0 Å². The Bertz CT molecular complexity index is 917. The van der Waals surface area contributed by atoms with Crippen molar-refractivity contribution in [1.82, 2.24) is 5.32 Å². The van der Waals surface area contributed by atoms with Crippen molar-refractivity contribution in [2.45, 2.75) is 45.6 Å². The highest BCUT2D eigenvalue weighted by Crippen LogP contribution is 2.28. The Kier molecular flexibility index (Phi) is 8.53. The molecule has 0 fully saturated rings. The van der Waals surface area contributed by atoms with Gasteiger partial charge in [-0.25, -0.2) is 8.42 Å². The number of sulfonamides is 1. The number of rotatable bonds is 10. The molecule has 2 aromatic rings. The van der Waals surface area contributed by atoms with E-state index in [9.17, 15) is 13.2 Å². The molecule has 0 radical (unpaired) electrons. The summed E-state index contributed by atoms with van der Waals surface area (Å²) in [6.07, 6.45) is 3.61. The number of benzene rings is 2. The number of amides is 1. The zero-order valence-corrected chi connectivity index (χ0v) is 18.8. The number of carbonyl (C=O) groups excluding carboxylic acids is 1. The first kappa shape index (κ1) is 23.2. The van der Waals surface area contributed by atoms with Crippen molar-refractivity contribution < 1.29 is 13.2 Å². The number of hydrogen-bond acceptors (Lipinski definition) is 3. The number of hydrogen-bond donors (Lipinski definition) is 1. The smallest absolute Gasteiger partial charge is 0.232 e. The average molecular weight is 437 g/mol. The second-order valence-corrected chi connectivity index (χ2v) is 9.63. The normalized spacial score (nSPS) is 12.4. The van der Waals surface area contributed by atoms with Crippen LogP contribution in [0.5, 0.6) is 0 Å². The lowest BCUT2D eigenvalue weighted by Gasteiger charge is -2.24. The Labute approximate surface area is 179 Å². The Balaban J connectivity index is 1.85. The number of aryl methyl sites for hydroxylation is 1. The maximum absolute atomic E-state index is 12.3. The number of carbonyl (C=O) groups is 1. The highest BCUT2D eigenvalue weighted by Gasteiger charge is 2.20. The van der Waals surface area contributed by atoms with Gasteiger partial charge in [0, 0.05) is 24.0 Å². The van der Waals surface area contributed by atoms with Gasteiger partial charge in [0.05, 0.1) is 11.9 Å². The fourth-order valence-electron chi connectivity index (χ4n) is 3.16. The van der Waals surface area contributed by atoms with Crippen LogP contribution in [0, 0.1) is 6.92 Å². The summed E-state index contributed by atoms with van der Waals surface area (Å²) in [5.41, 5.74) is 2.50. The summed E-state index contributed by atoms with van der Waals surface area (Å²) in [6, 6.07) is 15.4. The van der Waals surface area contributed by atoms with Crippen LogP contribution in [0.2, 0.25) is 5.02 Å². The zero-order chi connectivity index (χ0) is 21.4. The first-order valence-electron chi connectivity index (χ1n) is 9.74. The molecule has 29 heavy (non-hydrogen) atoms. The average Bonchev–Trinajstić information content (AvgIpc) is 2.66. The molecule has 5 nitrogen and oxygen atoms in total. The van der Waals surface area contributed by atoms with Crippen molar-refractivity contribution >= 4 is 33.2 Å². The molecule has 1 amide bonds. The largest absolute Gasteiger partial charge is 0.354 e. The third-order valence-corrected chi connectivity index (χ3v) is 6.38. The van der Waals surface area contributed by atoms with Crippen molar-refractivity contribution in [3.8, 4) is 0 Å². The molecular weight excluding hydrogens is 408 g/mol. The first-order valence-corrected chi connectivity index (χ1v) is 12.0. The van der Waals surface area contributed by atoms with Gasteiger partial charge in [-0.2, -0.15) is 0 Å². The Morgan fingerprint density at radius 3 is 2.48 bits per heavy atom. The summed E-state index contributed by atoms with van der Waals surface area (Å²) in [7, 11) is -3.47. The van der Waals surface area contributed by atoms with Crippen LogP contribution in [0.25, 0.3) is 0 Å². The molecule has 0 unspecified atom stereocenters. The standard InChI is InChI=1S/C22H29ClN2O3S/c1-17(14-15-19-9-5-4-6-10-19)24-22(26)13-8-16-25(29(3,27)28)21-12-7-11-20(23)18(21)2/h4-7,9-12,17H,8,13-16H2,1-3H3,(H,24,26)/t17-/m0/s1. The lowest BCUT2D eigenvalue weighted by Crippen LogP contribution is -2.35. The Hall–Kier alpha value is -2.05. The number of halogens is 1. The van der Waals surface area contributed by atoms with Crippen molar-refractivity contribution in [2.75, 3.05) is 17.1 Å². The molecule has 0 saturated carbocycles. The van der Waals surface area contributed by atoms with E-state index in [4.69, 9.17) is 11.6 Å². The lowest BCUT2D eigenvalue weighted by molar-refractivity contribution is -0.121. The molecule has 1 atom stereocenters. The van der Waals surface area contributed by atoms with Crippen molar-refractivity contribution in [3.63, 3.8) is 0 Å². The topological polar surface area (TPSA) is 66.5 Å². The highest BCUT2D eigenvalue weighted by molar-refractivity contribution is 7.92. The van der Waals surface area contributed by atoms with E-state index in [1.807, 2.05) is 25.1 Å². The van der Waals surface area contributed by atoms with Crippen LogP contribution in [-0.2, 0) is 21.2 Å². The molecule has 158 valence electrons. The Morgan fingerprint density at radius 2 is 1.83 bits per heavy atom. The molecule has 0 heterocycles. The fraction of sp³-hybridized carbons (Fsp3) is 0.409. The van der Waals surface area contributed by atoms with Gasteiger partial charge < -0.3 is 5.32 Å². The predicted octanol–water partition coefficient (Wildman–Crippen LogP) is 4.33. The molecule has 7 heteroatoms. The summed E-state index contributed by atoms with van der Waals surface area (Å²) in [4.78, 5) is 12.3. The second-order valence-electron chi connectivity index (χ2n) is 7.32. The van der Waals surface area contributed by atoms with Crippen molar-refractivity contribution in [3.05, 3.63) is 64.7 Å². The number of nitrogens with zero attached hydrogens (tertiary/aromatic N) is 1. The molecular formula is C22H29ClN2O3S. The Morgan fingerprint density at radius 1 is 1.14 bits per heavy atom. The third-order valence-electron chi connectivity index (χ3n) is 4.79. The first-order chi connectivity index (χ1) is 13.7. The zero-order valence-electron chi connectivity index (χ0n) is 17.2. The van der Waals surface area contributed by atoms with Crippen LogP contribution in [0.4, 0.5) is 5.69 Å². The van der Waals surface area contributed by atoms with Gasteiger partial charge in [0.25, 0.3) is 0 Å². The van der Waals surface area contributed by atoms with Gasteiger partial charge in [0.1, 0.15) is 0 Å². The summed E-state index contributed by atoms with van der Waals surface area (Å²) in [5, 5.41) is 3.51. The van der Waals surface area contributed by atoms with Gasteiger partial charge in [-0.3, -0.25) is 9.10 Å². The highest BCUT2D eigenvalue weighted by atomic mass is 35.5. The van der Waals surface area contributed by atoms with Crippen LogP contribution in [-0.4, -0.2) is 33.2 Å². The van der Waals surface area contributed by atoms with Crippen LogP contribution < -0.4 is 9.62 Å². The third kappa shape index (κ3) is 7.37. The van der Waals surface area contributed by atoms with Crippen molar-refractivity contribution in [1.29, 1.82) is 0 Å². The van der Waals surface area contributed by atoms with E-state index < -0.39 is 10.0 Å². The van der Waals surface area contributed by atoms with Crippen LogP contribution >= 0.6 is 11.6 Å². The summed E-state index contributed by atoms with van der Waals surface area (Å²) in [6.45, 7) is 4.00. The molecule has 0 bridgehead atoms. The number of nitrogens with one attached hydrogen (secondary N) is 1. The molecule has 0 aliphatic carbocycles. The predicted molar refractivity (Wildman–Crippen MR) is 120 cm³/mol. The van der Waals surface area contributed by atoms with E-state index in [-0.39, 0.29) is 24.9 Å². The van der Waals surface area contributed by atoms with Gasteiger partial charge in [-0.15, -0.1) is 0 Å². The van der Waals surface area contributed by atoms with Crippen molar-refractivity contribution in [2.24, 2.45) is 0 Å². The fourth-order valence-corrected chi connectivity index (χ4v) is 4.35. The van der Waals surface area contributed by atoms with Gasteiger partial charge in [0.15, 0.2) is 0 Å². The van der Waals surface area contributed by atoms with Crippen LogP contribution in [0.15, 0.2) is 48.5 Å². The SMILES string of the molecule is Cc1c(Cl)cccc1N(CCCC(=O)N[C@@H](C)CCc1ccccc1)S(C)(=O)=O. The lowest BCUT2D eigenvalue weighted by atomic mass is 10.1. The summed E-state index contributed by atoms with van der Waals surface area (Å²) in [5.74, 6) is -0.0678. The quantitative estimate of drug-likeness (QED) is 0.602. The van der Waals surface area contributed by atoms with Gasteiger partial charge in [-0.05, 0) is 56.4 Å². The molecule has 0 saturated heterocycles. The van der Waals surface area contributed by atoms with E-state index in [2.05, 4.69) is 17.4 Å². The maximum Gasteiger partial charge on any atom is 0.232 e. The minimum atomic E-state index is -3.47. The molecule has 0 aliphatic heterocycles. The van der Waals surface area contributed by atoms with E-state index in [0.717, 1.165) is 12.8 Å². The maximum atomic E-state index is 12.3. The molecule has 0 aliphatic rings. The molecule has 0 aromatic heterocycles. The van der Waals surface area contributed by atoms with Crippen LogP contribution in [0.1, 0.15) is 37.3 Å². The summed E-state index contributed by atoms with van der Waals surface area (Å²) >= 11 is 6.14. The van der Waals surface area contributed by atoms with E-state index in [1.165, 1.54) is 16.1 Å². The minimum absolute atomic E-state index is 0.0592. The summed E-state index contributed by atoms with van der Waals surface area (Å²) < 4.78 is 25.8. The number of anilines is 1. The van der Waals surface area contributed by atoms with E-state index >= 15 is 0 Å². The van der Waals surface area contributed by atoms with Gasteiger partial charge in [0.2, 0.25) is 15.9 Å². The van der Waals surface area contributed by atoms with Crippen LogP contribution in [0.3, 0.4) is 0 Å². The molecule has 2 rings (SSSR count). The minimum Gasteiger partial charge on any atom is -0.354 e. The van der Waals surface area contributed by atoms with E-state index in [1.54, 1.807) is 25.1 Å². The molecule has 2 aromatic carbocycles. The molecule has 0 spiro atoms. The second kappa shape index (κ2) is 10.6. The van der Waals surface area contributed by atoms with E-state index in [0.29, 0.717) is 22.7 Å².